The second-order valence-corrected chi connectivity index (χ2v) is 6.67. The molecule has 0 radical (unpaired) electrons. The molecule has 0 heterocycles. The van der Waals surface area contributed by atoms with Gasteiger partial charge in [-0.1, -0.05) is 43.7 Å². The predicted octanol–water partition coefficient (Wildman–Crippen LogP) is 4.40. The maximum atomic E-state index is 13.0. The van der Waals surface area contributed by atoms with Crippen molar-refractivity contribution in [2.24, 2.45) is 17.8 Å². The van der Waals surface area contributed by atoms with Gasteiger partial charge in [0.1, 0.15) is 5.75 Å². The summed E-state index contributed by atoms with van der Waals surface area (Å²) in [5.41, 5.74) is 1.06. The second-order valence-electron chi connectivity index (χ2n) is 6.67. The van der Waals surface area contributed by atoms with Crippen molar-refractivity contribution < 1.29 is 14.3 Å². The van der Waals surface area contributed by atoms with Crippen molar-refractivity contribution in [1.29, 1.82) is 5.26 Å². The van der Waals surface area contributed by atoms with Gasteiger partial charge in [-0.3, -0.25) is 9.59 Å². The SMILES string of the molecule is CCC1CCC(C(=O)c2ccc(C#N)cc2)C1C(=O)Oc1ccccc1. The van der Waals surface area contributed by atoms with E-state index in [9.17, 15) is 9.59 Å². The molecule has 4 nitrogen and oxygen atoms in total. The van der Waals surface area contributed by atoms with Crippen LogP contribution in [0.2, 0.25) is 0 Å². The lowest BCUT2D eigenvalue weighted by molar-refractivity contribution is -0.141. The summed E-state index contributed by atoms with van der Waals surface area (Å²) in [5.74, 6) is -0.511. The summed E-state index contributed by atoms with van der Waals surface area (Å²) in [7, 11) is 0. The molecule has 132 valence electrons. The number of esters is 1. The molecule has 0 bridgehead atoms. The number of nitrogens with zero attached hydrogens (tertiary/aromatic N) is 1. The van der Waals surface area contributed by atoms with Crippen LogP contribution < -0.4 is 4.74 Å². The number of benzene rings is 2. The Morgan fingerprint density at radius 3 is 2.38 bits per heavy atom. The molecule has 4 heteroatoms. The van der Waals surface area contributed by atoms with E-state index in [0.717, 1.165) is 12.8 Å². The first-order chi connectivity index (χ1) is 12.6. The first-order valence-electron chi connectivity index (χ1n) is 8.95. The molecule has 3 unspecified atom stereocenters. The molecule has 1 fully saturated rings. The molecule has 0 saturated heterocycles. The highest BCUT2D eigenvalue weighted by Crippen LogP contribution is 2.41. The fourth-order valence-electron chi connectivity index (χ4n) is 3.79. The number of nitriles is 1. The lowest BCUT2D eigenvalue weighted by Crippen LogP contribution is -2.32. The zero-order valence-electron chi connectivity index (χ0n) is 14.7. The standard InChI is InChI=1S/C22H21NO3/c1-2-16-12-13-19(21(24)17-10-8-15(14-23)9-11-17)20(16)22(25)26-18-6-4-3-5-7-18/h3-11,16,19-20H,2,12-13H2,1H3. The molecule has 3 atom stereocenters. The van der Waals surface area contributed by atoms with Gasteiger partial charge < -0.3 is 4.74 Å². The van der Waals surface area contributed by atoms with Crippen molar-refractivity contribution in [1.82, 2.24) is 0 Å². The highest BCUT2D eigenvalue weighted by atomic mass is 16.5. The van der Waals surface area contributed by atoms with Gasteiger partial charge in [-0.2, -0.15) is 5.26 Å². The number of para-hydroxylation sites is 1. The maximum Gasteiger partial charge on any atom is 0.315 e. The normalized spacial score (nSPS) is 21.8. The number of rotatable bonds is 5. The summed E-state index contributed by atoms with van der Waals surface area (Å²) in [4.78, 5) is 25.8. The Morgan fingerprint density at radius 2 is 1.77 bits per heavy atom. The molecule has 26 heavy (non-hydrogen) atoms. The Balaban J connectivity index is 1.81. The largest absolute Gasteiger partial charge is 0.426 e. The van der Waals surface area contributed by atoms with E-state index in [1.165, 1.54) is 0 Å². The molecular formula is C22H21NO3. The van der Waals surface area contributed by atoms with Crippen LogP contribution in [-0.2, 0) is 4.79 Å². The number of hydrogen-bond acceptors (Lipinski definition) is 4. The van der Waals surface area contributed by atoms with E-state index in [1.807, 2.05) is 31.2 Å². The minimum absolute atomic E-state index is 0.0412. The van der Waals surface area contributed by atoms with Crippen molar-refractivity contribution in [3.8, 4) is 11.8 Å². The van der Waals surface area contributed by atoms with Gasteiger partial charge >= 0.3 is 5.97 Å². The quantitative estimate of drug-likeness (QED) is 0.457. The third-order valence-corrected chi connectivity index (χ3v) is 5.18. The zero-order valence-corrected chi connectivity index (χ0v) is 14.7. The van der Waals surface area contributed by atoms with Crippen LogP contribution in [0.1, 0.15) is 42.1 Å². The molecule has 2 aromatic rings. The molecule has 3 rings (SSSR count). The van der Waals surface area contributed by atoms with Crippen molar-refractivity contribution >= 4 is 11.8 Å². The van der Waals surface area contributed by atoms with Gasteiger partial charge in [0.25, 0.3) is 0 Å². The molecule has 1 aliphatic rings. The van der Waals surface area contributed by atoms with Crippen LogP contribution in [0, 0.1) is 29.1 Å². The third kappa shape index (κ3) is 3.67. The molecule has 0 N–H and O–H groups in total. The van der Waals surface area contributed by atoms with E-state index < -0.39 is 5.92 Å². The Hall–Kier alpha value is -2.93. The van der Waals surface area contributed by atoms with Crippen LogP contribution in [0.4, 0.5) is 0 Å². The summed E-state index contributed by atoms with van der Waals surface area (Å²) >= 11 is 0. The van der Waals surface area contributed by atoms with Crippen molar-refractivity contribution in [3.05, 3.63) is 65.7 Å². The summed E-state index contributed by atoms with van der Waals surface area (Å²) in [6.07, 6.45) is 2.37. The average molecular weight is 347 g/mol. The van der Waals surface area contributed by atoms with Gasteiger partial charge in [-0.25, -0.2) is 0 Å². The van der Waals surface area contributed by atoms with Gasteiger partial charge in [0.15, 0.2) is 5.78 Å². The van der Waals surface area contributed by atoms with E-state index in [4.69, 9.17) is 10.00 Å². The summed E-state index contributed by atoms with van der Waals surface area (Å²) < 4.78 is 5.55. The fraction of sp³-hybridized carbons (Fsp3) is 0.318. The highest BCUT2D eigenvalue weighted by molar-refractivity contribution is 6.00. The van der Waals surface area contributed by atoms with Crippen molar-refractivity contribution in [2.45, 2.75) is 26.2 Å². The first kappa shape index (κ1) is 17.9. The van der Waals surface area contributed by atoms with Crippen molar-refractivity contribution in [2.75, 3.05) is 0 Å². The van der Waals surface area contributed by atoms with Crippen LogP contribution >= 0.6 is 0 Å². The summed E-state index contributed by atoms with van der Waals surface area (Å²) in [6.45, 7) is 2.04. The summed E-state index contributed by atoms with van der Waals surface area (Å²) in [6, 6.07) is 17.6. The van der Waals surface area contributed by atoms with Gasteiger partial charge in [0.05, 0.1) is 17.6 Å². The Kier molecular flexibility index (Phi) is 5.48. The Bertz CT molecular complexity index is 821. The van der Waals surface area contributed by atoms with Crippen LogP contribution in [0.15, 0.2) is 54.6 Å². The van der Waals surface area contributed by atoms with Gasteiger partial charge in [-0.05, 0) is 43.0 Å². The molecule has 0 aliphatic heterocycles. The maximum absolute atomic E-state index is 13.0. The monoisotopic (exact) mass is 347 g/mol. The van der Waals surface area contributed by atoms with E-state index in [2.05, 4.69) is 0 Å². The zero-order chi connectivity index (χ0) is 18.5. The number of ketones is 1. The number of carbonyl (C=O) groups excluding carboxylic acids is 2. The molecule has 2 aromatic carbocycles. The number of carbonyl (C=O) groups is 2. The fourth-order valence-corrected chi connectivity index (χ4v) is 3.79. The molecule has 0 spiro atoms. The first-order valence-corrected chi connectivity index (χ1v) is 8.95. The van der Waals surface area contributed by atoms with Gasteiger partial charge in [0, 0.05) is 11.5 Å². The molecule has 0 aromatic heterocycles. The Labute approximate surface area is 153 Å². The highest BCUT2D eigenvalue weighted by Gasteiger charge is 2.44. The minimum atomic E-state index is -0.427. The predicted molar refractivity (Wildman–Crippen MR) is 97.6 cm³/mol. The topological polar surface area (TPSA) is 67.2 Å². The third-order valence-electron chi connectivity index (χ3n) is 5.18. The number of hydrogen-bond donors (Lipinski definition) is 0. The van der Waals surface area contributed by atoms with Crippen LogP contribution in [0.5, 0.6) is 5.75 Å². The lowest BCUT2D eigenvalue weighted by Gasteiger charge is -2.22. The van der Waals surface area contributed by atoms with Crippen molar-refractivity contribution in [3.63, 3.8) is 0 Å². The van der Waals surface area contributed by atoms with Crippen LogP contribution in [0.25, 0.3) is 0 Å². The van der Waals surface area contributed by atoms with Gasteiger partial charge in [-0.15, -0.1) is 0 Å². The second kappa shape index (κ2) is 7.97. The molecule has 0 amide bonds. The van der Waals surface area contributed by atoms with E-state index in [0.29, 0.717) is 23.3 Å². The molecule has 1 aliphatic carbocycles. The van der Waals surface area contributed by atoms with Gasteiger partial charge in [0.2, 0.25) is 0 Å². The molecular weight excluding hydrogens is 326 g/mol. The average Bonchev–Trinajstić information content (AvgIpc) is 3.12. The summed E-state index contributed by atoms with van der Waals surface area (Å²) in [5, 5.41) is 8.90. The van der Waals surface area contributed by atoms with E-state index in [-0.39, 0.29) is 23.6 Å². The lowest BCUT2D eigenvalue weighted by atomic mass is 9.83. The van der Waals surface area contributed by atoms with Crippen LogP contribution in [-0.4, -0.2) is 11.8 Å². The molecule has 1 saturated carbocycles. The number of ether oxygens (including phenoxy) is 1. The van der Waals surface area contributed by atoms with E-state index in [1.54, 1.807) is 36.4 Å². The number of Topliss-reactive ketones (excluding diaryl/α,β-unsaturated/α-hetero) is 1. The Morgan fingerprint density at radius 1 is 1.08 bits per heavy atom. The smallest absolute Gasteiger partial charge is 0.315 e. The minimum Gasteiger partial charge on any atom is -0.426 e. The van der Waals surface area contributed by atoms with E-state index >= 15 is 0 Å². The van der Waals surface area contributed by atoms with Crippen LogP contribution in [0.3, 0.4) is 0 Å².